The molecule has 0 bridgehead atoms. The van der Waals surface area contributed by atoms with Gasteiger partial charge in [-0.25, -0.2) is 0 Å². The molecule has 0 heterocycles. The first kappa shape index (κ1) is 37.1. The Morgan fingerprint density at radius 2 is 1.33 bits per heavy atom. The van der Waals surface area contributed by atoms with E-state index in [2.05, 4.69) is 39.0 Å². The molecule has 2 atom stereocenters. The average molecular weight is 551 g/mol. The summed E-state index contributed by atoms with van der Waals surface area (Å²) in [5, 5.41) is 19.5. The van der Waals surface area contributed by atoms with Crippen LogP contribution < -0.4 is 0 Å². The average Bonchev–Trinajstić information content (AvgIpc) is 2.91. The van der Waals surface area contributed by atoms with Gasteiger partial charge in [-0.3, -0.25) is 9.59 Å². The minimum absolute atomic E-state index is 0.104. The van der Waals surface area contributed by atoms with Gasteiger partial charge >= 0.3 is 11.9 Å². The molecule has 0 amide bonds. The molecule has 0 saturated heterocycles. The van der Waals surface area contributed by atoms with Gasteiger partial charge in [0.05, 0.1) is 12.7 Å². The Hall–Kier alpha value is -1.92. The monoisotopic (exact) mass is 550 g/mol. The van der Waals surface area contributed by atoms with E-state index >= 15 is 0 Å². The number of aliphatic hydroxyl groups excluding tert-OH is 2. The maximum absolute atomic E-state index is 12.0. The van der Waals surface area contributed by atoms with Gasteiger partial charge in [-0.1, -0.05) is 121 Å². The second-order valence-corrected chi connectivity index (χ2v) is 10.8. The molecule has 0 aromatic rings. The summed E-state index contributed by atoms with van der Waals surface area (Å²) in [5.41, 5.74) is 0. The molecule has 0 aliphatic rings. The van der Waals surface area contributed by atoms with Crippen molar-refractivity contribution in [3.8, 4) is 0 Å². The Balaban J connectivity index is 3.73. The fourth-order valence-electron chi connectivity index (χ4n) is 4.10. The molecule has 1 unspecified atom stereocenters. The van der Waals surface area contributed by atoms with E-state index in [4.69, 9.17) is 9.47 Å². The summed E-state index contributed by atoms with van der Waals surface area (Å²) in [6.45, 7) is 6.14. The zero-order chi connectivity index (χ0) is 29.0. The van der Waals surface area contributed by atoms with Crippen LogP contribution in [0, 0.1) is 5.92 Å². The molecule has 0 aromatic heterocycles. The number of ether oxygens (including phenoxy) is 2. The molecule has 39 heavy (non-hydrogen) atoms. The number of aliphatic hydroxyl groups is 2. The highest BCUT2D eigenvalue weighted by Crippen LogP contribution is 2.13. The first-order valence-electron chi connectivity index (χ1n) is 15.5. The smallest absolute Gasteiger partial charge is 0.306 e. The standard InChI is InChI=1S/C33H58O6/c1-4-5-6-7-8-13-18-23-30(35)24-19-14-11-16-20-25-32(36)38-28-31(27-34)39-33(37)26-21-15-10-9-12-17-22-29(2)3/h5-6,8,13,18,23,29-31,34-35H,4,7,9-12,14-17,19-22,24-28H2,1-3H3/b6-5+,13-8+,23-18+/t30?,31-/m0/s1. The van der Waals surface area contributed by atoms with Crippen LogP contribution in [0.1, 0.15) is 130 Å². The van der Waals surface area contributed by atoms with Gasteiger partial charge in [0, 0.05) is 12.8 Å². The maximum atomic E-state index is 12.0. The molecule has 0 rings (SSSR count). The van der Waals surface area contributed by atoms with Gasteiger partial charge in [-0.05, 0) is 38.0 Å². The van der Waals surface area contributed by atoms with E-state index in [1.165, 1.54) is 25.7 Å². The van der Waals surface area contributed by atoms with E-state index in [-0.39, 0.29) is 25.2 Å². The van der Waals surface area contributed by atoms with Crippen molar-refractivity contribution in [1.82, 2.24) is 0 Å². The van der Waals surface area contributed by atoms with Crippen molar-refractivity contribution in [2.24, 2.45) is 5.92 Å². The van der Waals surface area contributed by atoms with Gasteiger partial charge in [0.1, 0.15) is 6.61 Å². The number of allylic oxidation sites excluding steroid dienone is 5. The number of hydrogen-bond donors (Lipinski definition) is 2. The van der Waals surface area contributed by atoms with Crippen LogP contribution in [0.4, 0.5) is 0 Å². The van der Waals surface area contributed by atoms with Gasteiger partial charge in [-0.2, -0.15) is 0 Å². The highest BCUT2D eigenvalue weighted by Gasteiger charge is 2.16. The Kier molecular flexibility index (Phi) is 26.3. The van der Waals surface area contributed by atoms with Crippen LogP contribution in [-0.2, 0) is 19.1 Å². The topological polar surface area (TPSA) is 93.1 Å². The molecular weight excluding hydrogens is 492 g/mol. The number of unbranched alkanes of at least 4 members (excludes halogenated alkanes) is 9. The number of esters is 2. The van der Waals surface area contributed by atoms with Crippen molar-refractivity contribution in [2.45, 2.75) is 142 Å². The van der Waals surface area contributed by atoms with Crippen LogP contribution >= 0.6 is 0 Å². The summed E-state index contributed by atoms with van der Waals surface area (Å²) < 4.78 is 10.5. The lowest BCUT2D eigenvalue weighted by Gasteiger charge is -2.15. The van der Waals surface area contributed by atoms with Gasteiger partial charge in [0.15, 0.2) is 6.10 Å². The fraction of sp³-hybridized carbons (Fsp3) is 0.758. The number of carbonyl (C=O) groups excluding carboxylic acids is 2. The van der Waals surface area contributed by atoms with Crippen molar-refractivity contribution in [1.29, 1.82) is 0 Å². The van der Waals surface area contributed by atoms with Crippen LogP contribution in [0.3, 0.4) is 0 Å². The Bertz CT molecular complexity index is 667. The van der Waals surface area contributed by atoms with Crippen molar-refractivity contribution < 1.29 is 29.3 Å². The number of rotatable bonds is 26. The molecule has 0 saturated carbocycles. The van der Waals surface area contributed by atoms with Crippen molar-refractivity contribution in [2.75, 3.05) is 13.2 Å². The zero-order valence-electron chi connectivity index (χ0n) is 25.2. The molecule has 0 aliphatic carbocycles. The largest absolute Gasteiger partial charge is 0.462 e. The Morgan fingerprint density at radius 1 is 0.744 bits per heavy atom. The summed E-state index contributed by atoms with van der Waals surface area (Å²) in [6.07, 6.45) is 26.7. The van der Waals surface area contributed by atoms with E-state index in [1.54, 1.807) is 0 Å². The molecule has 0 aromatic carbocycles. The Morgan fingerprint density at radius 3 is 1.95 bits per heavy atom. The second kappa shape index (κ2) is 27.6. The summed E-state index contributed by atoms with van der Waals surface area (Å²) >= 11 is 0. The predicted molar refractivity (Wildman–Crippen MR) is 160 cm³/mol. The molecule has 2 N–H and O–H groups in total. The van der Waals surface area contributed by atoms with Crippen LogP contribution in [0.25, 0.3) is 0 Å². The van der Waals surface area contributed by atoms with E-state index in [0.717, 1.165) is 76.5 Å². The van der Waals surface area contributed by atoms with Crippen LogP contribution in [0.2, 0.25) is 0 Å². The lowest BCUT2D eigenvalue weighted by atomic mass is 10.0. The van der Waals surface area contributed by atoms with Crippen molar-refractivity contribution in [3.05, 3.63) is 36.5 Å². The summed E-state index contributed by atoms with van der Waals surface area (Å²) in [6, 6.07) is 0. The highest BCUT2D eigenvalue weighted by atomic mass is 16.6. The van der Waals surface area contributed by atoms with E-state index < -0.39 is 12.2 Å². The lowest BCUT2D eigenvalue weighted by Crippen LogP contribution is -2.28. The lowest BCUT2D eigenvalue weighted by molar-refractivity contribution is -0.161. The molecule has 6 nitrogen and oxygen atoms in total. The molecule has 0 fully saturated rings. The quantitative estimate of drug-likeness (QED) is 0.0494. The molecule has 6 heteroatoms. The summed E-state index contributed by atoms with van der Waals surface area (Å²) in [4.78, 5) is 24.0. The minimum atomic E-state index is -0.800. The Labute approximate surface area is 238 Å². The van der Waals surface area contributed by atoms with Crippen molar-refractivity contribution in [3.63, 3.8) is 0 Å². The summed E-state index contributed by atoms with van der Waals surface area (Å²) in [5.74, 6) is 0.0852. The SMILES string of the molecule is CC/C=C/C/C=C/C=C/C(O)CCCCCCCC(=O)OC[C@H](CO)OC(=O)CCCCCCCCC(C)C. The molecule has 226 valence electrons. The third-order valence-electron chi connectivity index (χ3n) is 6.48. The zero-order valence-corrected chi connectivity index (χ0v) is 25.2. The van der Waals surface area contributed by atoms with Crippen LogP contribution in [-0.4, -0.2) is 47.6 Å². The molecule has 0 radical (unpaired) electrons. The number of carbonyl (C=O) groups is 2. The third-order valence-corrected chi connectivity index (χ3v) is 6.48. The van der Waals surface area contributed by atoms with E-state index in [9.17, 15) is 19.8 Å². The summed E-state index contributed by atoms with van der Waals surface area (Å²) in [7, 11) is 0. The van der Waals surface area contributed by atoms with Gasteiger partial charge in [-0.15, -0.1) is 0 Å². The normalized spacial score (nSPS) is 13.6. The predicted octanol–water partition coefficient (Wildman–Crippen LogP) is 7.77. The molecule has 0 spiro atoms. The second-order valence-electron chi connectivity index (χ2n) is 10.8. The van der Waals surface area contributed by atoms with Gasteiger partial charge in [0.2, 0.25) is 0 Å². The third kappa shape index (κ3) is 27.4. The van der Waals surface area contributed by atoms with Gasteiger partial charge in [0.25, 0.3) is 0 Å². The fourth-order valence-corrected chi connectivity index (χ4v) is 4.10. The minimum Gasteiger partial charge on any atom is -0.462 e. The van der Waals surface area contributed by atoms with Crippen LogP contribution in [0.5, 0.6) is 0 Å². The maximum Gasteiger partial charge on any atom is 0.306 e. The molecular formula is C33H58O6. The molecule has 0 aliphatic heterocycles. The van der Waals surface area contributed by atoms with Crippen molar-refractivity contribution >= 4 is 11.9 Å². The first-order chi connectivity index (χ1) is 18.9. The highest BCUT2D eigenvalue weighted by molar-refractivity contribution is 5.70. The first-order valence-corrected chi connectivity index (χ1v) is 15.5. The van der Waals surface area contributed by atoms with E-state index in [1.807, 2.05) is 18.2 Å². The van der Waals surface area contributed by atoms with Gasteiger partial charge < -0.3 is 19.7 Å². The number of hydrogen-bond acceptors (Lipinski definition) is 6. The van der Waals surface area contributed by atoms with Crippen LogP contribution in [0.15, 0.2) is 36.5 Å². The van der Waals surface area contributed by atoms with E-state index in [0.29, 0.717) is 12.8 Å².